The smallest absolute Gasteiger partial charge is 0.136 e. The number of aliphatic hydroxyl groups is 1. The minimum atomic E-state index is -0.374. The van der Waals surface area contributed by atoms with E-state index in [0.717, 1.165) is 18.0 Å². The zero-order chi connectivity index (χ0) is 8.60. The largest absolute Gasteiger partial charge is 0.391 e. The molecule has 0 amide bonds. The lowest BCUT2D eigenvalue weighted by atomic mass is 9.98. The van der Waals surface area contributed by atoms with E-state index in [2.05, 4.69) is 14.7 Å². The monoisotopic (exact) mass is 185 g/mol. The Labute approximate surface area is 74.8 Å². The van der Waals surface area contributed by atoms with Crippen LogP contribution in [-0.4, -0.2) is 27.1 Å². The molecule has 0 aromatic carbocycles. The molecule has 2 atom stereocenters. The second kappa shape index (κ2) is 2.76. The van der Waals surface area contributed by atoms with Crippen LogP contribution >= 0.6 is 11.5 Å². The van der Waals surface area contributed by atoms with E-state index in [1.54, 1.807) is 0 Å². The maximum absolute atomic E-state index is 9.70. The van der Waals surface area contributed by atoms with Gasteiger partial charge in [0.25, 0.3) is 0 Å². The van der Waals surface area contributed by atoms with Gasteiger partial charge in [0, 0.05) is 0 Å². The fourth-order valence-electron chi connectivity index (χ4n) is 1.50. The van der Waals surface area contributed by atoms with Crippen molar-refractivity contribution in [2.75, 3.05) is 6.54 Å². The van der Waals surface area contributed by atoms with Crippen LogP contribution in [0.4, 0.5) is 0 Å². The summed E-state index contributed by atoms with van der Waals surface area (Å²) >= 11 is 1.34. The zero-order valence-electron chi connectivity index (χ0n) is 6.82. The quantitative estimate of drug-likeness (QED) is 0.652. The van der Waals surface area contributed by atoms with Crippen LogP contribution < -0.4 is 5.32 Å². The molecule has 0 spiro atoms. The van der Waals surface area contributed by atoms with Crippen LogP contribution in [0.3, 0.4) is 0 Å². The summed E-state index contributed by atoms with van der Waals surface area (Å²) in [5.41, 5.74) is -0.374. The first kappa shape index (κ1) is 8.10. The fourth-order valence-corrected chi connectivity index (χ4v) is 2.18. The summed E-state index contributed by atoms with van der Waals surface area (Å²) in [5.74, 6) is 0. The lowest BCUT2D eigenvalue weighted by molar-refractivity contribution is 0.107. The number of aliphatic hydroxyl groups excluding tert-OH is 1. The van der Waals surface area contributed by atoms with Crippen molar-refractivity contribution >= 4 is 11.5 Å². The molecule has 1 aliphatic rings. The molecule has 66 valence electrons. The van der Waals surface area contributed by atoms with Crippen molar-refractivity contribution in [1.82, 2.24) is 14.7 Å². The van der Waals surface area contributed by atoms with Gasteiger partial charge in [-0.15, -0.1) is 0 Å². The van der Waals surface area contributed by atoms with Crippen LogP contribution in [-0.2, 0) is 5.54 Å². The highest BCUT2D eigenvalue weighted by Crippen LogP contribution is 2.30. The van der Waals surface area contributed by atoms with Crippen molar-refractivity contribution < 1.29 is 5.11 Å². The lowest BCUT2D eigenvalue weighted by Crippen LogP contribution is -2.41. The first-order valence-corrected chi connectivity index (χ1v) is 4.71. The van der Waals surface area contributed by atoms with E-state index in [4.69, 9.17) is 0 Å². The Kier molecular flexibility index (Phi) is 1.86. The normalized spacial score (nSPS) is 35.7. The number of rotatable bonds is 1. The van der Waals surface area contributed by atoms with Gasteiger partial charge in [0.1, 0.15) is 11.3 Å². The molecule has 1 aromatic rings. The molecular weight excluding hydrogens is 174 g/mol. The highest BCUT2D eigenvalue weighted by atomic mass is 32.1. The van der Waals surface area contributed by atoms with Crippen molar-refractivity contribution in [3.8, 4) is 0 Å². The highest BCUT2D eigenvalue weighted by molar-refractivity contribution is 7.05. The second-order valence-electron chi connectivity index (χ2n) is 3.18. The van der Waals surface area contributed by atoms with Gasteiger partial charge in [0.15, 0.2) is 0 Å². The number of hydrogen-bond acceptors (Lipinski definition) is 5. The van der Waals surface area contributed by atoms with Crippen molar-refractivity contribution in [2.24, 2.45) is 0 Å². The van der Waals surface area contributed by atoms with E-state index >= 15 is 0 Å². The summed E-state index contributed by atoms with van der Waals surface area (Å²) in [7, 11) is 0. The van der Waals surface area contributed by atoms with Gasteiger partial charge in [-0.1, -0.05) is 0 Å². The van der Waals surface area contributed by atoms with Crippen molar-refractivity contribution in [3.05, 3.63) is 11.3 Å². The van der Waals surface area contributed by atoms with E-state index < -0.39 is 0 Å². The number of nitrogens with zero attached hydrogens (tertiary/aromatic N) is 2. The van der Waals surface area contributed by atoms with Crippen LogP contribution in [0.25, 0.3) is 0 Å². The van der Waals surface area contributed by atoms with Gasteiger partial charge in [-0.25, -0.2) is 4.98 Å². The number of hydrogen-bond donors (Lipinski definition) is 2. The third-order valence-electron chi connectivity index (χ3n) is 2.38. The van der Waals surface area contributed by atoms with E-state index in [1.807, 2.05) is 6.92 Å². The van der Waals surface area contributed by atoms with Crippen LogP contribution in [0.1, 0.15) is 18.4 Å². The number of aromatic nitrogens is 2. The Morgan fingerprint density at radius 2 is 2.67 bits per heavy atom. The Morgan fingerprint density at radius 3 is 3.17 bits per heavy atom. The molecule has 0 aliphatic carbocycles. The molecule has 1 aromatic heterocycles. The summed E-state index contributed by atoms with van der Waals surface area (Å²) in [6, 6.07) is 0. The van der Waals surface area contributed by atoms with Crippen LogP contribution in [0.15, 0.2) is 6.33 Å². The van der Waals surface area contributed by atoms with Gasteiger partial charge in [-0.2, -0.15) is 4.37 Å². The van der Waals surface area contributed by atoms with E-state index in [1.165, 1.54) is 17.9 Å². The van der Waals surface area contributed by atoms with Crippen molar-refractivity contribution in [3.63, 3.8) is 0 Å². The Balaban J connectivity index is 2.32. The molecule has 2 heterocycles. The van der Waals surface area contributed by atoms with Gasteiger partial charge in [0.2, 0.25) is 0 Å². The van der Waals surface area contributed by atoms with Crippen molar-refractivity contribution in [2.45, 2.75) is 25.0 Å². The topological polar surface area (TPSA) is 58.0 Å². The predicted molar refractivity (Wildman–Crippen MR) is 45.9 cm³/mol. The van der Waals surface area contributed by atoms with Gasteiger partial charge in [-0.05, 0) is 31.4 Å². The molecule has 1 fully saturated rings. The molecule has 0 saturated carbocycles. The molecule has 12 heavy (non-hydrogen) atoms. The predicted octanol–water partition coefficient (Wildman–Crippen LogP) is 0.107. The van der Waals surface area contributed by atoms with Gasteiger partial charge >= 0.3 is 0 Å². The van der Waals surface area contributed by atoms with Crippen LogP contribution in [0.5, 0.6) is 0 Å². The van der Waals surface area contributed by atoms with E-state index in [0.29, 0.717) is 0 Å². The minimum absolute atomic E-state index is 0.342. The molecule has 0 bridgehead atoms. The maximum atomic E-state index is 9.70. The average molecular weight is 185 g/mol. The third kappa shape index (κ3) is 1.05. The second-order valence-corrected chi connectivity index (χ2v) is 3.96. The molecular formula is C7H11N3OS. The molecule has 0 radical (unpaired) electrons. The third-order valence-corrected chi connectivity index (χ3v) is 3.28. The van der Waals surface area contributed by atoms with E-state index in [9.17, 15) is 5.11 Å². The van der Waals surface area contributed by atoms with Crippen molar-refractivity contribution in [1.29, 1.82) is 0 Å². The first-order chi connectivity index (χ1) is 5.73. The summed E-state index contributed by atoms with van der Waals surface area (Å²) in [6.07, 6.45) is 1.97. The lowest BCUT2D eigenvalue weighted by Gasteiger charge is -2.24. The molecule has 5 heteroatoms. The zero-order valence-corrected chi connectivity index (χ0v) is 7.64. The molecule has 2 N–H and O–H groups in total. The molecule has 1 aliphatic heterocycles. The van der Waals surface area contributed by atoms with Crippen LogP contribution in [0, 0.1) is 0 Å². The Hall–Kier alpha value is -0.520. The minimum Gasteiger partial charge on any atom is -0.391 e. The molecule has 4 nitrogen and oxygen atoms in total. The summed E-state index contributed by atoms with van der Waals surface area (Å²) in [5, 5.41) is 13.8. The summed E-state index contributed by atoms with van der Waals surface area (Å²) in [6.45, 7) is 2.81. The molecule has 2 rings (SSSR count). The van der Waals surface area contributed by atoms with Gasteiger partial charge in [-0.3, -0.25) is 0 Å². The van der Waals surface area contributed by atoms with Gasteiger partial charge < -0.3 is 10.4 Å². The SMILES string of the molecule is CC1(c2ncns2)NCCC1O. The summed E-state index contributed by atoms with van der Waals surface area (Å²) < 4.78 is 3.93. The summed E-state index contributed by atoms with van der Waals surface area (Å²) in [4.78, 5) is 4.11. The Bertz CT molecular complexity index is 264. The van der Waals surface area contributed by atoms with E-state index in [-0.39, 0.29) is 11.6 Å². The fraction of sp³-hybridized carbons (Fsp3) is 0.714. The Morgan fingerprint density at radius 1 is 1.83 bits per heavy atom. The maximum Gasteiger partial charge on any atom is 0.136 e. The average Bonchev–Trinajstić information content (AvgIpc) is 2.62. The molecule has 1 saturated heterocycles. The van der Waals surface area contributed by atoms with Crippen LogP contribution in [0.2, 0.25) is 0 Å². The first-order valence-electron chi connectivity index (χ1n) is 3.94. The number of nitrogens with one attached hydrogen (secondary N) is 1. The highest BCUT2D eigenvalue weighted by Gasteiger charge is 2.41. The van der Waals surface area contributed by atoms with Gasteiger partial charge in [0.05, 0.1) is 11.6 Å². The molecule has 2 unspecified atom stereocenters. The standard InChI is InChI=1S/C7H11N3OS/c1-7(5(11)2-3-9-7)6-8-4-10-12-6/h4-5,9,11H,2-3H2,1H3.